The standard InChI is InChI=1S/C8H9N5O4S2/c1-19(16,17)10-5-2-3-18-7(5)8-9-11-12-13(8)4-6(14)15/h2-3,10H,4H2,1H3,(H,14,15). The summed E-state index contributed by atoms with van der Waals surface area (Å²) in [6.07, 6.45) is 1.02. The highest BCUT2D eigenvalue weighted by Gasteiger charge is 2.18. The van der Waals surface area contributed by atoms with Gasteiger partial charge in [-0.1, -0.05) is 0 Å². The molecule has 9 nitrogen and oxygen atoms in total. The van der Waals surface area contributed by atoms with Gasteiger partial charge in [-0.3, -0.25) is 9.52 Å². The van der Waals surface area contributed by atoms with Gasteiger partial charge in [-0.2, -0.15) is 0 Å². The van der Waals surface area contributed by atoms with Crippen LogP contribution in [-0.4, -0.2) is 46.0 Å². The Morgan fingerprint density at radius 2 is 2.32 bits per heavy atom. The lowest BCUT2D eigenvalue weighted by molar-refractivity contribution is -0.137. The number of aliphatic carboxylic acids is 1. The number of anilines is 1. The van der Waals surface area contributed by atoms with E-state index in [4.69, 9.17) is 5.11 Å². The second-order valence-corrected chi connectivity index (χ2v) is 6.26. The van der Waals surface area contributed by atoms with Gasteiger partial charge in [0.15, 0.2) is 5.82 Å². The van der Waals surface area contributed by atoms with E-state index in [1.165, 1.54) is 11.3 Å². The zero-order valence-corrected chi connectivity index (χ0v) is 11.3. The highest BCUT2D eigenvalue weighted by atomic mass is 32.2. The Morgan fingerprint density at radius 3 is 2.95 bits per heavy atom. The summed E-state index contributed by atoms with van der Waals surface area (Å²) in [7, 11) is -3.43. The lowest BCUT2D eigenvalue weighted by Gasteiger charge is -2.05. The fourth-order valence-electron chi connectivity index (χ4n) is 1.36. The molecule has 0 bridgehead atoms. The van der Waals surface area contributed by atoms with E-state index in [2.05, 4.69) is 20.2 Å². The molecule has 2 rings (SSSR count). The minimum Gasteiger partial charge on any atom is -0.480 e. The van der Waals surface area contributed by atoms with Crippen molar-refractivity contribution in [3.8, 4) is 10.7 Å². The number of carboxylic acids is 1. The average molecular weight is 303 g/mol. The van der Waals surface area contributed by atoms with Gasteiger partial charge in [0, 0.05) is 0 Å². The Hall–Kier alpha value is -2.01. The van der Waals surface area contributed by atoms with Gasteiger partial charge in [-0.25, -0.2) is 13.1 Å². The van der Waals surface area contributed by atoms with Crippen LogP contribution in [-0.2, 0) is 21.4 Å². The van der Waals surface area contributed by atoms with Crippen molar-refractivity contribution < 1.29 is 18.3 Å². The molecule has 0 aliphatic heterocycles. The molecule has 0 saturated heterocycles. The largest absolute Gasteiger partial charge is 0.480 e. The molecule has 19 heavy (non-hydrogen) atoms. The number of thiophene rings is 1. The van der Waals surface area contributed by atoms with Crippen molar-refractivity contribution in [2.24, 2.45) is 0 Å². The maximum atomic E-state index is 11.2. The van der Waals surface area contributed by atoms with Crippen LogP contribution in [0.1, 0.15) is 0 Å². The second-order valence-electron chi connectivity index (χ2n) is 3.59. The van der Waals surface area contributed by atoms with E-state index in [-0.39, 0.29) is 5.82 Å². The number of hydrogen-bond acceptors (Lipinski definition) is 7. The molecule has 2 aromatic rings. The molecule has 0 spiro atoms. The van der Waals surface area contributed by atoms with Crippen molar-refractivity contribution in [1.29, 1.82) is 0 Å². The van der Waals surface area contributed by atoms with Crippen molar-refractivity contribution >= 4 is 33.0 Å². The topological polar surface area (TPSA) is 127 Å². The van der Waals surface area contributed by atoms with Crippen molar-refractivity contribution in [2.75, 3.05) is 11.0 Å². The zero-order valence-electron chi connectivity index (χ0n) is 9.64. The van der Waals surface area contributed by atoms with Crippen LogP contribution in [0.4, 0.5) is 5.69 Å². The second kappa shape index (κ2) is 4.93. The van der Waals surface area contributed by atoms with Gasteiger partial charge in [-0.15, -0.1) is 16.4 Å². The maximum Gasteiger partial charge on any atom is 0.325 e. The zero-order chi connectivity index (χ0) is 14.0. The minimum absolute atomic E-state index is 0.198. The molecule has 0 saturated carbocycles. The van der Waals surface area contributed by atoms with E-state index in [1.54, 1.807) is 11.4 Å². The first-order chi connectivity index (χ1) is 8.87. The molecule has 0 aliphatic carbocycles. The fraction of sp³-hybridized carbons (Fsp3) is 0.250. The Bertz CT molecular complexity index is 704. The van der Waals surface area contributed by atoms with E-state index in [1.807, 2.05) is 0 Å². The van der Waals surface area contributed by atoms with Crippen molar-refractivity contribution in [1.82, 2.24) is 20.2 Å². The lowest BCUT2D eigenvalue weighted by Crippen LogP contribution is -2.13. The van der Waals surface area contributed by atoms with Gasteiger partial charge in [-0.05, 0) is 21.9 Å². The van der Waals surface area contributed by atoms with Crippen LogP contribution in [0.2, 0.25) is 0 Å². The highest BCUT2D eigenvalue weighted by molar-refractivity contribution is 7.92. The number of nitrogens with zero attached hydrogens (tertiary/aromatic N) is 4. The highest BCUT2D eigenvalue weighted by Crippen LogP contribution is 2.32. The van der Waals surface area contributed by atoms with Crippen LogP contribution in [0.3, 0.4) is 0 Å². The van der Waals surface area contributed by atoms with Crippen LogP contribution < -0.4 is 4.72 Å². The van der Waals surface area contributed by atoms with E-state index < -0.39 is 22.5 Å². The summed E-state index contributed by atoms with van der Waals surface area (Å²) in [6.45, 7) is -0.404. The molecule has 0 aromatic carbocycles. The van der Waals surface area contributed by atoms with E-state index in [9.17, 15) is 13.2 Å². The normalized spacial score (nSPS) is 11.4. The molecule has 0 atom stereocenters. The Balaban J connectivity index is 2.40. The number of aromatic nitrogens is 4. The molecule has 0 aliphatic rings. The predicted octanol–water partition coefficient (Wildman–Crippen LogP) is -0.142. The molecule has 2 N–H and O–H groups in total. The van der Waals surface area contributed by atoms with E-state index in [0.29, 0.717) is 10.6 Å². The number of carbonyl (C=O) groups is 1. The van der Waals surface area contributed by atoms with Gasteiger partial charge in [0.05, 0.1) is 16.8 Å². The number of tetrazole rings is 1. The molecule has 2 heterocycles. The average Bonchev–Trinajstić information content (AvgIpc) is 2.83. The Labute approximate surface area is 111 Å². The summed E-state index contributed by atoms with van der Waals surface area (Å²) >= 11 is 1.21. The summed E-state index contributed by atoms with van der Waals surface area (Å²) in [5.41, 5.74) is 0.314. The van der Waals surface area contributed by atoms with Gasteiger partial charge in [0.25, 0.3) is 0 Å². The summed E-state index contributed by atoms with van der Waals surface area (Å²) in [5.74, 6) is -0.897. The first-order valence-electron chi connectivity index (χ1n) is 4.90. The van der Waals surface area contributed by atoms with Crippen molar-refractivity contribution in [3.63, 3.8) is 0 Å². The molecule has 0 fully saturated rings. The minimum atomic E-state index is -3.43. The number of hydrogen-bond donors (Lipinski definition) is 2. The molecule has 0 amide bonds. The van der Waals surface area contributed by atoms with Crippen molar-refractivity contribution in [2.45, 2.75) is 6.54 Å². The maximum absolute atomic E-state index is 11.2. The van der Waals surface area contributed by atoms with Gasteiger partial charge < -0.3 is 5.11 Å². The molecule has 0 unspecified atom stereocenters. The van der Waals surface area contributed by atoms with Gasteiger partial charge in [0.2, 0.25) is 10.0 Å². The third kappa shape index (κ3) is 3.26. The number of carboxylic acid groups (broad SMARTS) is 1. The smallest absolute Gasteiger partial charge is 0.325 e. The number of sulfonamides is 1. The summed E-state index contributed by atoms with van der Waals surface area (Å²) < 4.78 is 25.9. The third-order valence-electron chi connectivity index (χ3n) is 1.98. The van der Waals surface area contributed by atoms with E-state index in [0.717, 1.165) is 10.9 Å². The Morgan fingerprint density at radius 1 is 1.58 bits per heavy atom. The molecule has 102 valence electrons. The molecular formula is C8H9N5O4S2. The Kier molecular flexibility index (Phi) is 3.48. The van der Waals surface area contributed by atoms with Crippen molar-refractivity contribution in [3.05, 3.63) is 11.4 Å². The number of rotatable bonds is 5. The summed E-state index contributed by atoms with van der Waals surface area (Å²) in [4.78, 5) is 11.1. The van der Waals surface area contributed by atoms with Crippen LogP contribution in [0, 0.1) is 0 Å². The monoisotopic (exact) mass is 303 g/mol. The fourth-order valence-corrected chi connectivity index (χ4v) is 2.84. The number of nitrogens with one attached hydrogen (secondary N) is 1. The van der Waals surface area contributed by atoms with Crippen LogP contribution >= 0.6 is 11.3 Å². The van der Waals surface area contributed by atoms with E-state index >= 15 is 0 Å². The molecule has 0 radical (unpaired) electrons. The van der Waals surface area contributed by atoms with Crippen LogP contribution in [0.25, 0.3) is 10.7 Å². The van der Waals surface area contributed by atoms with Crippen LogP contribution in [0.5, 0.6) is 0 Å². The SMILES string of the molecule is CS(=O)(=O)Nc1ccsc1-c1nnnn1CC(=O)O. The summed E-state index contributed by atoms with van der Waals surface area (Å²) in [6, 6.07) is 1.56. The molecular weight excluding hydrogens is 294 g/mol. The predicted molar refractivity (Wildman–Crippen MR) is 67.2 cm³/mol. The van der Waals surface area contributed by atoms with Gasteiger partial charge >= 0.3 is 5.97 Å². The van der Waals surface area contributed by atoms with Gasteiger partial charge in [0.1, 0.15) is 6.54 Å². The molecule has 2 aromatic heterocycles. The first-order valence-corrected chi connectivity index (χ1v) is 7.67. The quantitative estimate of drug-likeness (QED) is 0.786. The molecule has 11 heteroatoms. The lowest BCUT2D eigenvalue weighted by atomic mass is 10.4. The summed E-state index contributed by atoms with van der Waals surface area (Å²) in [5, 5.41) is 21.1. The first kappa shape index (κ1) is 13.4. The van der Waals surface area contributed by atoms with Crippen LogP contribution in [0.15, 0.2) is 11.4 Å². The third-order valence-corrected chi connectivity index (χ3v) is 3.48.